The van der Waals surface area contributed by atoms with Gasteiger partial charge in [-0.3, -0.25) is 4.79 Å². The van der Waals surface area contributed by atoms with Crippen molar-refractivity contribution in [3.05, 3.63) is 71.8 Å². The van der Waals surface area contributed by atoms with Gasteiger partial charge in [-0.2, -0.15) is 0 Å². The number of halogens is 1. The van der Waals surface area contributed by atoms with Gasteiger partial charge in [-0.25, -0.2) is 4.79 Å². The minimum Gasteiger partial charge on any atom is -0.334 e. The highest BCUT2D eigenvalue weighted by molar-refractivity contribution is 6.30. The van der Waals surface area contributed by atoms with E-state index in [9.17, 15) is 9.59 Å². The van der Waals surface area contributed by atoms with Gasteiger partial charge in [-0.1, -0.05) is 29.8 Å². The van der Waals surface area contributed by atoms with E-state index in [0.717, 1.165) is 5.56 Å². The first-order valence-electron chi connectivity index (χ1n) is 7.87. The standard InChI is InChI=1S/C19H20ClN3O2/c1-2-12-21-19(25)23-17-9-7-16(8-10-17)22-18(24)11-6-14-4-3-5-15(20)13-14/h2-5,7-10,13H,1,6,11-12H2,(H,22,24)(H2,21,23,25). The lowest BCUT2D eigenvalue weighted by atomic mass is 10.1. The number of aryl methyl sites for hydroxylation is 1. The molecule has 0 bridgehead atoms. The Labute approximate surface area is 152 Å². The summed E-state index contributed by atoms with van der Waals surface area (Å²) in [5.74, 6) is -0.0792. The van der Waals surface area contributed by atoms with E-state index in [4.69, 9.17) is 11.6 Å². The van der Waals surface area contributed by atoms with E-state index in [1.165, 1.54) is 0 Å². The van der Waals surface area contributed by atoms with Crippen LogP contribution in [0.5, 0.6) is 0 Å². The minimum atomic E-state index is -0.307. The number of urea groups is 1. The van der Waals surface area contributed by atoms with Crippen LogP contribution in [0.2, 0.25) is 5.02 Å². The highest BCUT2D eigenvalue weighted by Crippen LogP contribution is 2.15. The van der Waals surface area contributed by atoms with Gasteiger partial charge in [0.15, 0.2) is 0 Å². The summed E-state index contributed by atoms with van der Waals surface area (Å²) >= 11 is 5.93. The zero-order valence-corrected chi connectivity index (χ0v) is 14.5. The predicted molar refractivity (Wildman–Crippen MR) is 102 cm³/mol. The van der Waals surface area contributed by atoms with Gasteiger partial charge >= 0.3 is 6.03 Å². The molecule has 3 amide bonds. The summed E-state index contributed by atoms with van der Waals surface area (Å²) in [5, 5.41) is 8.80. The molecule has 0 heterocycles. The number of nitrogens with one attached hydrogen (secondary N) is 3. The second-order valence-electron chi connectivity index (χ2n) is 5.38. The molecule has 2 aromatic carbocycles. The Balaban J connectivity index is 1.80. The van der Waals surface area contributed by atoms with Crippen LogP contribution in [0.4, 0.5) is 16.2 Å². The van der Waals surface area contributed by atoms with Crippen molar-refractivity contribution in [3.8, 4) is 0 Å². The third kappa shape index (κ3) is 6.69. The van der Waals surface area contributed by atoms with E-state index >= 15 is 0 Å². The van der Waals surface area contributed by atoms with Crippen LogP contribution >= 0.6 is 11.6 Å². The molecule has 6 heteroatoms. The number of amides is 3. The molecular formula is C19H20ClN3O2. The van der Waals surface area contributed by atoms with Gasteiger partial charge in [0.1, 0.15) is 0 Å². The molecule has 0 aromatic heterocycles. The predicted octanol–water partition coefficient (Wildman–Crippen LogP) is 4.22. The Morgan fingerprint density at radius 2 is 1.72 bits per heavy atom. The Morgan fingerprint density at radius 1 is 1.04 bits per heavy atom. The van der Waals surface area contributed by atoms with Crippen molar-refractivity contribution in [1.82, 2.24) is 5.32 Å². The number of carbonyl (C=O) groups is 2. The lowest BCUT2D eigenvalue weighted by Gasteiger charge is -2.08. The SMILES string of the molecule is C=CCNC(=O)Nc1ccc(NC(=O)CCc2cccc(Cl)c2)cc1. The Hall–Kier alpha value is -2.79. The number of benzene rings is 2. The topological polar surface area (TPSA) is 70.2 Å². The largest absolute Gasteiger partial charge is 0.334 e. The first-order chi connectivity index (χ1) is 12.1. The third-order valence-corrected chi connectivity index (χ3v) is 3.60. The number of rotatable bonds is 7. The molecule has 0 saturated heterocycles. The van der Waals surface area contributed by atoms with Crippen LogP contribution in [0.3, 0.4) is 0 Å². The zero-order chi connectivity index (χ0) is 18.1. The van der Waals surface area contributed by atoms with Gasteiger partial charge in [0, 0.05) is 29.4 Å². The van der Waals surface area contributed by atoms with Crippen LogP contribution in [0.1, 0.15) is 12.0 Å². The summed E-state index contributed by atoms with van der Waals surface area (Å²) in [6.07, 6.45) is 2.58. The van der Waals surface area contributed by atoms with Crippen molar-refractivity contribution in [3.63, 3.8) is 0 Å². The summed E-state index contributed by atoms with van der Waals surface area (Å²) in [4.78, 5) is 23.5. The van der Waals surface area contributed by atoms with Crippen molar-refractivity contribution in [2.45, 2.75) is 12.8 Å². The van der Waals surface area contributed by atoms with E-state index in [-0.39, 0.29) is 11.9 Å². The van der Waals surface area contributed by atoms with Crippen LogP contribution in [0.15, 0.2) is 61.2 Å². The van der Waals surface area contributed by atoms with Crippen molar-refractivity contribution >= 4 is 34.9 Å². The lowest BCUT2D eigenvalue weighted by molar-refractivity contribution is -0.116. The first-order valence-corrected chi connectivity index (χ1v) is 8.25. The molecule has 3 N–H and O–H groups in total. The van der Waals surface area contributed by atoms with Crippen LogP contribution in [-0.2, 0) is 11.2 Å². The average molecular weight is 358 g/mol. The number of carbonyl (C=O) groups excluding carboxylic acids is 2. The Bertz CT molecular complexity index is 745. The maximum atomic E-state index is 12.0. The Morgan fingerprint density at radius 3 is 2.36 bits per heavy atom. The molecule has 0 saturated carbocycles. The summed E-state index contributed by atoms with van der Waals surface area (Å²) in [5.41, 5.74) is 2.33. The highest BCUT2D eigenvalue weighted by atomic mass is 35.5. The van der Waals surface area contributed by atoms with Crippen molar-refractivity contribution in [2.75, 3.05) is 17.2 Å². The van der Waals surface area contributed by atoms with Crippen molar-refractivity contribution < 1.29 is 9.59 Å². The molecule has 0 unspecified atom stereocenters. The fourth-order valence-electron chi connectivity index (χ4n) is 2.15. The first kappa shape index (κ1) is 18.5. The van der Waals surface area contributed by atoms with Crippen LogP contribution < -0.4 is 16.0 Å². The van der Waals surface area contributed by atoms with Gasteiger partial charge in [0.25, 0.3) is 0 Å². The van der Waals surface area contributed by atoms with Gasteiger partial charge in [-0.15, -0.1) is 6.58 Å². The third-order valence-electron chi connectivity index (χ3n) is 3.36. The zero-order valence-electron chi connectivity index (χ0n) is 13.7. The maximum Gasteiger partial charge on any atom is 0.319 e. The molecule has 2 aromatic rings. The second kappa shape index (κ2) is 9.49. The second-order valence-corrected chi connectivity index (χ2v) is 5.82. The molecule has 0 spiro atoms. The van der Waals surface area contributed by atoms with Crippen LogP contribution in [-0.4, -0.2) is 18.5 Å². The average Bonchev–Trinajstić information content (AvgIpc) is 2.60. The molecule has 0 radical (unpaired) electrons. The smallest absolute Gasteiger partial charge is 0.319 e. The minimum absolute atomic E-state index is 0.0792. The summed E-state index contributed by atoms with van der Waals surface area (Å²) < 4.78 is 0. The summed E-state index contributed by atoms with van der Waals surface area (Å²) in [7, 11) is 0. The van der Waals surface area contributed by atoms with Gasteiger partial charge in [0.2, 0.25) is 5.91 Å². The van der Waals surface area contributed by atoms with Crippen LogP contribution in [0, 0.1) is 0 Å². The van der Waals surface area contributed by atoms with Gasteiger partial charge < -0.3 is 16.0 Å². The van der Waals surface area contributed by atoms with Crippen molar-refractivity contribution in [2.24, 2.45) is 0 Å². The molecule has 130 valence electrons. The highest BCUT2D eigenvalue weighted by Gasteiger charge is 2.05. The molecule has 0 atom stereocenters. The fourth-order valence-corrected chi connectivity index (χ4v) is 2.36. The van der Waals surface area contributed by atoms with E-state index in [1.807, 2.05) is 18.2 Å². The van der Waals surface area contributed by atoms with E-state index in [0.29, 0.717) is 35.8 Å². The molecule has 25 heavy (non-hydrogen) atoms. The Kier molecular flexibility index (Phi) is 7.04. The molecule has 0 aliphatic rings. The van der Waals surface area contributed by atoms with E-state index in [1.54, 1.807) is 36.4 Å². The fraction of sp³-hybridized carbons (Fsp3) is 0.158. The quantitative estimate of drug-likeness (QED) is 0.649. The lowest BCUT2D eigenvalue weighted by Crippen LogP contribution is -2.28. The molecule has 0 aliphatic heterocycles. The molecular weight excluding hydrogens is 338 g/mol. The maximum absolute atomic E-state index is 12.0. The number of hydrogen-bond acceptors (Lipinski definition) is 2. The number of anilines is 2. The molecule has 0 fully saturated rings. The summed E-state index contributed by atoms with van der Waals surface area (Å²) in [6.45, 7) is 3.92. The summed E-state index contributed by atoms with van der Waals surface area (Å²) in [6, 6.07) is 14.1. The van der Waals surface area contributed by atoms with E-state index in [2.05, 4.69) is 22.5 Å². The molecule has 5 nitrogen and oxygen atoms in total. The normalized spacial score (nSPS) is 9.96. The van der Waals surface area contributed by atoms with E-state index < -0.39 is 0 Å². The molecule has 0 aliphatic carbocycles. The van der Waals surface area contributed by atoms with Gasteiger partial charge in [0.05, 0.1) is 0 Å². The molecule has 2 rings (SSSR count). The number of hydrogen-bond donors (Lipinski definition) is 3. The van der Waals surface area contributed by atoms with Crippen molar-refractivity contribution in [1.29, 1.82) is 0 Å². The van der Waals surface area contributed by atoms with Crippen LogP contribution in [0.25, 0.3) is 0 Å². The van der Waals surface area contributed by atoms with Gasteiger partial charge in [-0.05, 0) is 48.4 Å². The monoisotopic (exact) mass is 357 g/mol.